The molecular formula is C12H15N3O4. The van der Waals surface area contributed by atoms with E-state index in [-0.39, 0.29) is 12.1 Å². The van der Waals surface area contributed by atoms with Gasteiger partial charge in [0.25, 0.3) is 0 Å². The summed E-state index contributed by atoms with van der Waals surface area (Å²) in [5, 5.41) is 12.3. The van der Waals surface area contributed by atoms with Gasteiger partial charge in [0, 0.05) is 25.6 Å². The smallest absolute Gasteiger partial charge is 0.335 e. The van der Waals surface area contributed by atoms with Crippen molar-refractivity contribution in [3.05, 3.63) is 45.8 Å². The van der Waals surface area contributed by atoms with Crippen molar-refractivity contribution in [2.45, 2.75) is 12.2 Å². The number of methoxy groups -OCH3 is 2. The third-order valence-electron chi connectivity index (χ3n) is 2.79. The van der Waals surface area contributed by atoms with Crippen LogP contribution in [0.1, 0.15) is 15.9 Å². The first-order valence-electron chi connectivity index (χ1n) is 5.50. The van der Waals surface area contributed by atoms with Crippen molar-refractivity contribution >= 4 is 5.97 Å². The van der Waals surface area contributed by atoms with Crippen LogP contribution in [-0.4, -0.2) is 37.6 Å². The zero-order valence-corrected chi connectivity index (χ0v) is 10.7. The van der Waals surface area contributed by atoms with E-state index in [0.717, 1.165) is 5.56 Å². The van der Waals surface area contributed by atoms with Crippen molar-refractivity contribution in [1.82, 2.24) is 0 Å². The molecule has 102 valence electrons. The highest BCUT2D eigenvalue weighted by Crippen LogP contribution is 2.19. The molecule has 0 aliphatic carbocycles. The Morgan fingerprint density at radius 1 is 1.37 bits per heavy atom. The van der Waals surface area contributed by atoms with Crippen LogP contribution < -0.4 is 0 Å². The Hall–Kier alpha value is -2.08. The molecule has 0 spiro atoms. The molecule has 1 aromatic carbocycles. The van der Waals surface area contributed by atoms with Gasteiger partial charge in [-0.3, -0.25) is 0 Å². The van der Waals surface area contributed by atoms with Crippen LogP contribution in [0.4, 0.5) is 0 Å². The number of carboxylic acid groups (broad SMARTS) is 1. The van der Waals surface area contributed by atoms with Crippen LogP contribution in [0.5, 0.6) is 0 Å². The summed E-state index contributed by atoms with van der Waals surface area (Å²) in [7, 11) is 2.92. The lowest BCUT2D eigenvalue weighted by atomic mass is 10.0. The Kier molecular flexibility index (Phi) is 5.32. The summed E-state index contributed by atoms with van der Waals surface area (Å²) in [5.74, 6) is -2.03. The molecule has 0 saturated carbocycles. The average Bonchev–Trinajstić information content (AvgIpc) is 2.44. The van der Waals surface area contributed by atoms with E-state index in [2.05, 4.69) is 10.0 Å². The maximum absolute atomic E-state index is 10.7. The van der Waals surface area contributed by atoms with E-state index in [0.29, 0.717) is 6.42 Å². The summed E-state index contributed by atoms with van der Waals surface area (Å²) in [6, 6.07) is 6.35. The molecular weight excluding hydrogens is 250 g/mol. The molecule has 7 heteroatoms. The summed E-state index contributed by atoms with van der Waals surface area (Å²) in [6.07, 6.45) is 0.346. The molecule has 0 atom stereocenters. The van der Waals surface area contributed by atoms with Gasteiger partial charge in [-0.05, 0) is 23.2 Å². The van der Waals surface area contributed by atoms with Gasteiger partial charge in [0.15, 0.2) is 5.79 Å². The molecule has 0 amide bonds. The normalized spacial score (nSPS) is 10.8. The minimum absolute atomic E-state index is 0.0250. The first kappa shape index (κ1) is 15.0. The quantitative estimate of drug-likeness (QED) is 0.353. The molecule has 7 nitrogen and oxygen atoms in total. The zero-order valence-electron chi connectivity index (χ0n) is 10.7. The highest BCUT2D eigenvalue weighted by atomic mass is 16.7. The predicted octanol–water partition coefficient (Wildman–Crippen LogP) is 2.23. The van der Waals surface area contributed by atoms with E-state index in [4.69, 9.17) is 20.1 Å². The highest BCUT2D eigenvalue weighted by molar-refractivity contribution is 5.87. The Bertz CT molecular complexity index is 476. The van der Waals surface area contributed by atoms with Crippen molar-refractivity contribution in [3.63, 3.8) is 0 Å². The number of aromatic carboxylic acids is 1. The first-order chi connectivity index (χ1) is 9.06. The number of rotatable bonds is 7. The molecule has 1 rings (SSSR count). The van der Waals surface area contributed by atoms with Gasteiger partial charge >= 0.3 is 5.97 Å². The van der Waals surface area contributed by atoms with E-state index in [9.17, 15) is 4.79 Å². The molecule has 0 aliphatic heterocycles. The van der Waals surface area contributed by atoms with Crippen LogP contribution in [0.15, 0.2) is 29.4 Å². The van der Waals surface area contributed by atoms with Crippen molar-refractivity contribution in [2.75, 3.05) is 20.8 Å². The minimum atomic E-state index is -1.04. The highest BCUT2D eigenvalue weighted by Gasteiger charge is 2.29. The Balaban J connectivity index is 2.89. The van der Waals surface area contributed by atoms with E-state index >= 15 is 0 Å². The van der Waals surface area contributed by atoms with Crippen molar-refractivity contribution < 1.29 is 19.4 Å². The molecule has 1 N–H and O–H groups in total. The van der Waals surface area contributed by atoms with Crippen molar-refractivity contribution in [2.24, 2.45) is 5.11 Å². The molecule has 19 heavy (non-hydrogen) atoms. The van der Waals surface area contributed by atoms with Gasteiger partial charge in [-0.25, -0.2) is 4.79 Å². The summed E-state index contributed by atoms with van der Waals surface area (Å²) in [5.41, 5.74) is 9.39. The van der Waals surface area contributed by atoms with E-state index in [1.54, 1.807) is 12.1 Å². The van der Waals surface area contributed by atoms with E-state index < -0.39 is 11.8 Å². The Labute approximate surface area is 110 Å². The van der Waals surface area contributed by atoms with Gasteiger partial charge in [0.1, 0.15) is 0 Å². The number of hydrogen-bond acceptors (Lipinski definition) is 4. The summed E-state index contributed by atoms with van der Waals surface area (Å²) < 4.78 is 10.5. The lowest BCUT2D eigenvalue weighted by Gasteiger charge is -2.29. The fourth-order valence-corrected chi connectivity index (χ4v) is 1.63. The molecule has 0 aliphatic rings. The van der Waals surface area contributed by atoms with Gasteiger partial charge in [0.05, 0.1) is 12.1 Å². The number of azide groups is 1. The largest absolute Gasteiger partial charge is 0.478 e. The fourth-order valence-electron chi connectivity index (χ4n) is 1.63. The maximum Gasteiger partial charge on any atom is 0.335 e. The topological polar surface area (TPSA) is 105 Å². The van der Waals surface area contributed by atoms with Crippen molar-refractivity contribution in [1.29, 1.82) is 0 Å². The second kappa shape index (κ2) is 6.75. The third-order valence-corrected chi connectivity index (χ3v) is 2.79. The Morgan fingerprint density at radius 3 is 2.37 bits per heavy atom. The molecule has 0 unspecified atom stereocenters. The number of hydrogen-bond donors (Lipinski definition) is 1. The van der Waals surface area contributed by atoms with Gasteiger partial charge in [-0.1, -0.05) is 17.2 Å². The second-order valence-corrected chi connectivity index (χ2v) is 3.89. The van der Waals surface area contributed by atoms with Crippen LogP contribution in [0.25, 0.3) is 10.4 Å². The lowest BCUT2D eigenvalue weighted by molar-refractivity contribution is -0.197. The molecule has 0 radical (unpaired) electrons. The predicted molar refractivity (Wildman–Crippen MR) is 67.9 cm³/mol. The lowest BCUT2D eigenvalue weighted by Crippen LogP contribution is -2.39. The van der Waals surface area contributed by atoms with Crippen molar-refractivity contribution in [3.8, 4) is 0 Å². The molecule has 0 bridgehead atoms. The molecule has 0 aromatic heterocycles. The van der Waals surface area contributed by atoms with Gasteiger partial charge < -0.3 is 14.6 Å². The molecule has 1 aromatic rings. The zero-order chi connectivity index (χ0) is 14.3. The molecule has 0 saturated heterocycles. The van der Waals surface area contributed by atoms with Crippen LogP contribution in [0.2, 0.25) is 0 Å². The van der Waals surface area contributed by atoms with Crippen LogP contribution in [0.3, 0.4) is 0 Å². The van der Waals surface area contributed by atoms with Gasteiger partial charge in [-0.15, -0.1) is 0 Å². The minimum Gasteiger partial charge on any atom is -0.478 e. The number of carbonyl (C=O) groups is 1. The number of ether oxygens (including phenoxy) is 2. The molecule has 0 fully saturated rings. The fraction of sp³-hybridized carbons (Fsp3) is 0.417. The second-order valence-electron chi connectivity index (χ2n) is 3.89. The number of benzene rings is 1. The summed E-state index contributed by atoms with van der Waals surface area (Å²) >= 11 is 0. The van der Waals surface area contributed by atoms with E-state index in [1.807, 2.05) is 0 Å². The third kappa shape index (κ3) is 3.96. The number of carboxylic acids is 1. The first-order valence-corrected chi connectivity index (χ1v) is 5.50. The standard InChI is InChI=1S/C12H15N3O4/c1-18-12(19-2,8-14-15-13)7-9-3-5-10(6-4-9)11(16)17/h3-6H,7-8H2,1-2H3,(H,16,17). The summed E-state index contributed by atoms with van der Waals surface area (Å²) in [4.78, 5) is 13.4. The Morgan fingerprint density at radius 2 is 1.95 bits per heavy atom. The van der Waals surface area contributed by atoms with Gasteiger partial charge in [-0.2, -0.15) is 0 Å². The van der Waals surface area contributed by atoms with Crippen LogP contribution >= 0.6 is 0 Å². The monoisotopic (exact) mass is 265 g/mol. The van der Waals surface area contributed by atoms with Crippen LogP contribution in [0, 0.1) is 0 Å². The van der Waals surface area contributed by atoms with Gasteiger partial charge in [0.2, 0.25) is 0 Å². The molecule has 0 heterocycles. The van der Waals surface area contributed by atoms with E-state index in [1.165, 1.54) is 26.4 Å². The number of nitrogens with zero attached hydrogens (tertiary/aromatic N) is 3. The average molecular weight is 265 g/mol. The summed E-state index contributed by atoms with van der Waals surface area (Å²) in [6.45, 7) is 0.0250. The SMILES string of the molecule is COC(CN=[N+]=[N-])(Cc1ccc(C(=O)O)cc1)OC. The maximum atomic E-state index is 10.7. The van der Waals surface area contributed by atoms with Crippen LogP contribution in [-0.2, 0) is 15.9 Å².